The van der Waals surface area contributed by atoms with E-state index in [9.17, 15) is 0 Å². The minimum Gasteiger partial charge on any atom is -0.379 e. The molecule has 0 aliphatic rings. The zero-order valence-electron chi connectivity index (χ0n) is 6.11. The van der Waals surface area contributed by atoms with E-state index < -0.39 is 0 Å². The molecule has 0 aliphatic heterocycles. The van der Waals surface area contributed by atoms with E-state index in [1.807, 2.05) is 0 Å². The molecule has 0 fully saturated rings. The molecule has 8 heavy (non-hydrogen) atoms. The van der Waals surface area contributed by atoms with Crippen LogP contribution < -0.4 is 6.15 Å². The number of rotatable bonds is 3. The van der Waals surface area contributed by atoms with E-state index in [0.29, 0.717) is 6.10 Å². The first kappa shape index (κ1) is 10.8. The quantitative estimate of drug-likeness (QED) is 0.617. The molecule has 0 saturated heterocycles. The van der Waals surface area contributed by atoms with Crippen LogP contribution in [0.3, 0.4) is 0 Å². The predicted octanol–water partition coefficient (Wildman–Crippen LogP) is 1.98. The molecule has 2 heteroatoms. The van der Waals surface area contributed by atoms with Crippen LogP contribution in [0.15, 0.2) is 0 Å². The van der Waals surface area contributed by atoms with Crippen LogP contribution in [-0.4, -0.2) is 12.7 Å². The predicted molar refractivity (Wildman–Crippen MR) is 36.4 cm³/mol. The van der Waals surface area contributed by atoms with Gasteiger partial charge in [-0.2, -0.15) is 0 Å². The maximum absolute atomic E-state index is 5.19. The molecule has 0 unspecified atom stereocenters. The van der Waals surface area contributed by atoms with Crippen LogP contribution in [0.5, 0.6) is 0 Å². The monoisotopic (exact) mass is 119 g/mol. The molecule has 2 nitrogen and oxygen atoms in total. The van der Waals surface area contributed by atoms with Gasteiger partial charge in [0.25, 0.3) is 0 Å². The average molecular weight is 119 g/mol. The van der Waals surface area contributed by atoms with Gasteiger partial charge >= 0.3 is 0 Å². The molecule has 3 N–H and O–H groups in total. The summed E-state index contributed by atoms with van der Waals surface area (Å²) in [6, 6.07) is 0. The van der Waals surface area contributed by atoms with Crippen molar-refractivity contribution in [1.82, 2.24) is 6.15 Å². The molecule has 0 saturated carbocycles. The number of hydrogen-bond donors (Lipinski definition) is 1. The highest BCUT2D eigenvalue weighted by Crippen LogP contribution is 1.87. The Balaban J connectivity index is 0. The van der Waals surface area contributed by atoms with Gasteiger partial charge in [0, 0.05) is 6.61 Å². The van der Waals surface area contributed by atoms with E-state index >= 15 is 0 Å². The Hall–Kier alpha value is -0.0800. The van der Waals surface area contributed by atoms with Gasteiger partial charge in [0.15, 0.2) is 0 Å². The summed E-state index contributed by atoms with van der Waals surface area (Å²) in [5, 5.41) is 0. The Morgan fingerprint density at radius 2 is 1.88 bits per heavy atom. The molecule has 0 aliphatic carbocycles. The van der Waals surface area contributed by atoms with E-state index in [-0.39, 0.29) is 6.15 Å². The van der Waals surface area contributed by atoms with Gasteiger partial charge in [-0.25, -0.2) is 0 Å². The topological polar surface area (TPSA) is 44.2 Å². The van der Waals surface area contributed by atoms with Crippen molar-refractivity contribution in [2.45, 2.75) is 33.3 Å². The normalized spacial score (nSPS) is 9.00. The van der Waals surface area contributed by atoms with Gasteiger partial charge in [-0.15, -0.1) is 0 Å². The maximum atomic E-state index is 5.19. The van der Waals surface area contributed by atoms with E-state index in [1.165, 1.54) is 0 Å². The summed E-state index contributed by atoms with van der Waals surface area (Å²) in [6.45, 7) is 7.12. The van der Waals surface area contributed by atoms with Crippen LogP contribution in [0, 0.1) is 0 Å². The smallest absolute Gasteiger partial charge is 0.0518 e. The minimum atomic E-state index is 0. The second-order valence-electron chi connectivity index (χ2n) is 1.92. The fraction of sp³-hybridized carbons (Fsp3) is 1.00. The standard InChI is InChI=1S/C6H14O.H3N/c1-4-5-7-6(2)3;/h6H,4-5H2,1-3H3;1H3. The second-order valence-corrected chi connectivity index (χ2v) is 1.92. The summed E-state index contributed by atoms with van der Waals surface area (Å²) in [4.78, 5) is 0. The number of ether oxygens (including phenoxy) is 1. The lowest BCUT2D eigenvalue weighted by molar-refractivity contribution is 0.0794. The third-order valence-corrected chi connectivity index (χ3v) is 0.655. The fourth-order valence-electron chi connectivity index (χ4n) is 0.354. The average Bonchev–Trinajstić information content (AvgIpc) is 1.61. The van der Waals surface area contributed by atoms with Gasteiger partial charge in [0.1, 0.15) is 0 Å². The molecule has 0 amide bonds. The van der Waals surface area contributed by atoms with Gasteiger partial charge < -0.3 is 10.9 Å². The van der Waals surface area contributed by atoms with Gasteiger partial charge in [-0.3, -0.25) is 0 Å². The molecule has 0 aromatic rings. The van der Waals surface area contributed by atoms with Gasteiger partial charge in [-0.05, 0) is 20.3 Å². The minimum absolute atomic E-state index is 0. The van der Waals surface area contributed by atoms with Crippen molar-refractivity contribution in [2.75, 3.05) is 6.61 Å². The molecule has 0 radical (unpaired) electrons. The Morgan fingerprint density at radius 1 is 1.38 bits per heavy atom. The highest BCUT2D eigenvalue weighted by Gasteiger charge is 1.86. The molecule has 0 spiro atoms. The SMILES string of the molecule is CCCOC(C)C.N. The summed E-state index contributed by atoms with van der Waals surface area (Å²) in [5.74, 6) is 0. The fourth-order valence-corrected chi connectivity index (χ4v) is 0.354. The molecule has 0 aromatic carbocycles. The van der Waals surface area contributed by atoms with Crippen LogP contribution in [0.2, 0.25) is 0 Å². The van der Waals surface area contributed by atoms with E-state index in [2.05, 4.69) is 20.8 Å². The zero-order valence-corrected chi connectivity index (χ0v) is 6.11. The second kappa shape index (κ2) is 6.92. The van der Waals surface area contributed by atoms with Crippen molar-refractivity contribution in [3.8, 4) is 0 Å². The Labute approximate surface area is 51.8 Å². The highest BCUT2D eigenvalue weighted by atomic mass is 16.5. The van der Waals surface area contributed by atoms with Gasteiger partial charge in [0.05, 0.1) is 6.10 Å². The third-order valence-electron chi connectivity index (χ3n) is 0.655. The van der Waals surface area contributed by atoms with Crippen molar-refractivity contribution >= 4 is 0 Å². The first-order valence-electron chi connectivity index (χ1n) is 2.89. The molecule has 0 heterocycles. The molecule has 52 valence electrons. The van der Waals surface area contributed by atoms with Gasteiger partial charge in [0.2, 0.25) is 0 Å². The molecule has 0 atom stereocenters. The molecule has 0 rings (SSSR count). The van der Waals surface area contributed by atoms with Crippen molar-refractivity contribution in [3.05, 3.63) is 0 Å². The van der Waals surface area contributed by atoms with E-state index in [0.717, 1.165) is 13.0 Å². The summed E-state index contributed by atoms with van der Waals surface area (Å²) in [5.41, 5.74) is 0. The molecular formula is C6H17NO. The Kier molecular flexibility index (Phi) is 9.36. The first-order chi connectivity index (χ1) is 3.27. The molecular weight excluding hydrogens is 102 g/mol. The van der Waals surface area contributed by atoms with Crippen molar-refractivity contribution < 1.29 is 4.74 Å². The third kappa shape index (κ3) is 9.33. The lowest BCUT2D eigenvalue weighted by Crippen LogP contribution is -2.01. The number of hydrogen-bond acceptors (Lipinski definition) is 2. The van der Waals surface area contributed by atoms with Crippen molar-refractivity contribution in [2.24, 2.45) is 0 Å². The van der Waals surface area contributed by atoms with Crippen molar-refractivity contribution in [3.63, 3.8) is 0 Å². The van der Waals surface area contributed by atoms with Gasteiger partial charge in [-0.1, -0.05) is 6.92 Å². The molecule has 0 bridgehead atoms. The summed E-state index contributed by atoms with van der Waals surface area (Å²) >= 11 is 0. The summed E-state index contributed by atoms with van der Waals surface area (Å²) in [7, 11) is 0. The lowest BCUT2D eigenvalue weighted by Gasteiger charge is -2.03. The van der Waals surface area contributed by atoms with Crippen molar-refractivity contribution in [1.29, 1.82) is 0 Å². The zero-order chi connectivity index (χ0) is 5.70. The van der Waals surface area contributed by atoms with Crippen LogP contribution in [0.4, 0.5) is 0 Å². The highest BCUT2D eigenvalue weighted by molar-refractivity contribution is 4.33. The molecule has 0 aromatic heterocycles. The maximum Gasteiger partial charge on any atom is 0.0518 e. The van der Waals surface area contributed by atoms with Crippen LogP contribution >= 0.6 is 0 Å². The van der Waals surface area contributed by atoms with Crippen LogP contribution in [0.1, 0.15) is 27.2 Å². The van der Waals surface area contributed by atoms with Crippen LogP contribution in [0.25, 0.3) is 0 Å². The van der Waals surface area contributed by atoms with Crippen LogP contribution in [-0.2, 0) is 4.74 Å². The Morgan fingerprint density at radius 3 is 2.00 bits per heavy atom. The lowest BCUT2D eigenvalue weighted by atomic mass is 10.4. The van der Waals surface area contributed by atoms with E-state index in [4.69, 9.17) is 4.74 Å². The largest absolute Gasteiger partial charge is 0.379 e. The van der Waals surface area contributed by atoms with E-state index in [1.54, 1.807) is 0 Å². The first-order valence-corrected chi connectivity index (χ1v) is 2.89. The summed E-state index contributed by atoms with van der Waals surface area (Å²) in [6.07, 6.45) is 1.53. The summed E-state index contributed by atoms with van der Waals surface area (Å²) < 4.78 is 5.19. The Bertz CT molecular complexity index is 37.5.